The topological polar surface area (TPSA) is 84.5 Å². The maximum absolute atomic E-state index is 13.1. The molecule has 0 aliphatic rings. The molecule has 148 valence electrons. The van der Waals surface area contributed by atoms with Gasteiger partial charge in [0.25, 0.3) is 5.91 Å². The third-order valence-electron chi connectivity index (χ3n) is 3.89. The van der Waals surface area contributed by atoms with Gasteiger partial charge in [0.15, 0.2) is 18.2 Å². The molecule has 2 N–H and O–H groups in total. The molecule has 0 bridgehead atoms. The monoisotopic (exact) mass is 390 g/mol. The number of carbonyl (C=O) groups is 3. The van der Waals surface area contributed by atoms with E-state index in [1.165, 1.54) is 6.07 Å². The van der Waals surface area contributed by atoms with Crippen LogP contribution in [0.4, 0.5) is 14.5 Å². The van der Waals surface area contributed by atoms with Crippen LogP contribution in [0.2, 0.25) is 0 Å². The van der Waals surface area contributed by atoms with Crippen LogP contribution in [-0.4, -0.2) is 30.9 Å². The number of hydrogen-bond acceptors (Lipinski definition) is 4. The van der Waals surface area contributed by atoms with Crippen molar-refractivity contribution in [1.82, 2.24) is 5.32 Å². The fraction of sp³-hybridized carbons (Fsp3) is 0.250. The van der Waals surface area contributed by atoms with Gasteiger partial charge in [0, 0.05) is 11.8 Å². The Hall–Kier alpha value is -3.29. The van der Waals surface area contributed by atoms with Crippen molar-refractivity contribution in [3.63, 3.8) is 0 Å². The lowest BCUT2D eigenvalue weighted by Crippen LogP contribution is -2.36. The van der Waals surface area contributed by atoms with Gasteiger partial charge in [-0.2, -0.15) is 0 Å². The largest absolute Gasteiger partial charge is 0.455 e. The Morgan fingerprint density at radius 1 is 1.00 bits per heavy atom. The Bertz CT molecular complexity index is 843. The Labute approximate surface area is 160 Å². The molecule has 0 heterocycles. The van der Waals surface area contributed by atoms with E-state index in [0.29, 0.717) is 6.42 Å². The van der Waals surface area contributed by atoms with Gasteiger partial charge in [-0.15, -0.1) is 0 Å². The van der Waals surface area contributed by atoms with Gasteiger partial charge < -0.3 is 15.4 Å². The van der Waals surface area contributed by atoms with Gasteiger partial charge in [-0.1, -0.05) is 37.3 Å². The minimum absolute atomic E-state index is 0.0539. The van der Waals surface area contributed by atoms with Crippen LogP contribution in [0, 0.1) is 11.6 Å². The van der Waals surface area contributed by atoms with Crippen LogP contribution in [0.1, 0.15) is 24.8 Å². The van der Waals surface area contributed by atoms with Gasteiger partial charge in [-0.25, -0.2) is 8.78 Å². The van der Waals surface area contributed by atoms with E-state index < -0.39 is 48.5 Å². The van der Waals surface area contributed by atoms with E-state index in [-0.39, 0.29) is 5.69 Å². The highest BCUT2D eigenvalue weighted by Crippen LogP contribution is 2.20. The highest BCUT2D eigenvalue weighted by atomic mass is 19.2. The second-order valence-corrected chi connectivity index (χ2v) is 5.93. The average molecular weight is 390 g/mol. The summed E-state index contributed by atoms with van der Waals surface area (Å²) in [6.07, 6.45) is 0.515. The zero-order chi connectivity index (χ0) is 20.5. The number of hydrogen-bond donors (Lipinski definition) is 2. The average Bonchev–Trinajstić information content (AvgIpc) is 2.69. The van der Waals surface area contributed by atoms with Crippen molar-refractivity contribution in [2.75, 3.05) is 18.5 Å². The van der Waals surface area contributed by atoms with E-state index in [4.69, 9.17) is 4.74 Å². The Balaban J connectivity index is 1.76. The van der Waals surface area contributed by atoms with Crippen LogP contribution in [-0.2, 0) is 19.1 Å². The summed E-state index contributed by atoms with van der Waals surface area (Å²) in [5.41, 5.74) is 0.847. The van der Waals surface area contributed by atoms with Crippen LogP contribution in [0.25, 0.3) is 0 Å². The third-order valence-corrected chi connectivity index (χ3v) is 3.89. The van der Waals surface area contributed by atoms with E-state index >= 15 is 0 Å². The first kappa shape index (κ1) is 21.0. The molecule has 28 heavy (non-hydrogen) atoms. The number of ether oxygens (including phenoxy) is 1. The highest BCUT2D eigenvalue weighted by Gasteiger charge is 2.21. The second kappa shape index (κ2) is 10.1. The predicted molar refractivity (Wildman–Crippen MR) is 98.4 cm³/mol. The van der Waals surface area contributed by atoms with Crippen molar-refractivity contribution in [2.45, 2.75) is 19.3 Å². The van der Waals surface area contributed by atoms with Crippen LogP contribution in [0.5, 0.6) is 0 Å². The smallest absolute Gasteiger partial charge is 0.313 e. The summed E-state index contributed by atoms with van der Waals surface area (Å²) in [5.74, 6) is -4.44. The van der Waals surface area contributed by atoms with Crippen molar-refractivity contribution < 1.29 is 27.9 Å². The number of anilines is 1. The summed E-state index contributed by atoms with van der Waals surface area (Å²) in [6, 6.07) is 11.9. The number of halogens is 2. The van der Waals surface area contributed by atoms with Crippen LogP contribution < -0.4 is 10.6 Å². The summed E-state index contributed by atoms with van der Waals surface area (Å²) in [6.45, 7) is 0.896. The van der Waals surface area contributed by atoms with Crippen molar-refractivity contribution in [1.29, 1.82) is 0 Å². The summed E-state index contributed by atoms with van der Waals surface area (Å²) in [5, 5.41) is 4.60. The lowest BCUT2D eigenvalue weighted by molar-refractivity contribution is -0.150. The molecular weight excluding hydrogens is 370 g/mol. The van der Waals surface area contributed by atoms with Gasteiger partial charge in [0.2, 0.25) is 5.91 Å². The van der Waals surface area contributed by atoms with Crippen LogP contribution in [0.3, 0.4) is 0 Å². The molecule has 0 saturated carbocycles. The molecule has 0 radical (unpaired) electrons. The number of benzene rings is 2. The molecule has 0 aromatic heterocycles. The molecule has 1 atom stereocenters. The fourth-order valence-corrected chi connectivity index (χ4v) is 2.47. The van der Waals surface area contributed by atoms with Gasteiger partial charge in [-0.05, 0) is 24.1 Å². The summed E-state index contributed by atoms with van der Waals surface area (Å²) in [7, 11) is 0. The maximum Gasteiger partial charge on any atom is 0.313 e. The molecule has 0 saturated heterocycles. The van der Waals surface area contributed by atoms with Crippen LogP contribution in [0.15, 0.2) is 48.5 Å². The standard InChI is InChI=1S/C20H20F2N2O4/c1-2-15(13-6-4-3-5-7-13)20(27)28-12-19(26)23-11-18(25)24-14-8-9-16(21)17(22)10-14/h3-10,15H,2,11-12H2,1H3,(H,23,26)(H,24,25)/t15-/m0/s1. The molecular formula is C20H20F2N2O4. The quantitative estimate of drug-likeness (QED) is 0.679. The fourth-order valence-electron chi connectivity index (χ4n) is 2.47. The zero-order valence-electron chi connectivity index (χ0n) is 15.2. The molecule has 0 aliphatic carbocycles. The summed E-state index contributed by atoms with van der Waals surface area (Å²) >= 11 is 0. The lowest BCUT2D eigenvalue weighted by Gasteiger charge is -2.14. The molecule has 2 aromatic rings. The van der Waals surface area contributed by atoms with Crippen molar-refractivity contribution >= 4 is 23.5 Å². The number of esters is 1. The molecule has 6 nitrogen and oxygen atoms in total. The number of nitrogens with one attached hydrogen (secondary N) is 2. The zero-order valence-corrected chi connectivity index (χ0v) is 15.2. The van der Waals surface area contributed by atoms with E-state index in [9.17, 15) is 23.2 Å². The Kier molecular flexibility index (Phi) is 7.62. The number of rotatable bonds is 8. The number of carbonyl (C=O) groups excluding carboxylic acids is 3. The van der Waals surface area contributed by atoms with E-state index in [1.54, 1.807) is 12.1 Å². The van der Waals surface area contributed by atoms with Gasteiger partial charge in [0.05, 0.1) is 12.5 Å². The third kappa shape index (κ3) is 6.15. The maximum atomic E-state index is 13.1. The van der Waals surface area contributed by atoms with Crippen LogP contribution >= 0.6 is 0 Å². The molecule has 2 aromatic carbocycles. The molecule has 8 heteroatoms. The van der Waals surface area contributed by atoms with Gasteiger partial charge in [0.1, 0.15) is 0 Å². The van der Waals surface area contributed by atoms with Gasteiger partial charge >= 0.3 is 5.97 Å². The lowest BCUT2D eigenvalue weighted by atomic mass is 9.97. The minimum atomic E-state index is -1.10. The Morgan fingerprint density at radius 3 is 2.36 bits per heavy atom. The second-order valence-electron chi connectivity index (χ2n) is 5.93. The summed E-state index contributed by atoms with van der Waals surface area (Å²) in [4.78, 5) is 35.7. The van der Waals surface area contributed by atoms with Crippen molar-refractivity contribution in [3.8, 4) is 0 Å². The normalized spacial score (nSPS) is 11.4. The summed E-state index contributed by atoms with van der Waals surface area (Å²) < 4.78 is 31.0. The molecule has 0 aliphatic heterocycles. The number of amides is 2. The highest BCUT2D eigenvalue weighted by molar-refractivity contribution is 5.94. The first-order chi connectivity index (χ1) is 13.4. The van der Waals surface area contributed by atoms with E-state index in [1.807, 2.05) is 25.1 Å². The predicted octanol–water partition coefficient (Wildman–Crippen LogP) is 2.76. The minimum Gasteiger partial charge on any atom is -0.455 e. The molecule has 0 unspecified atom stereocenters. The molecule has 2 amide bonds. The van der Waals surface area contributed by atoms with Crippen molar-refractivity contribution in [3.05, 3.63) is 65.7 Å². The SMILES string of the molecule is CC[C@H](C(=O)OCC(=O)NCC(=O)Nc1ccc(F)c(F)c1)c1ccccc1. The first-order valence-corrected chi connectivity index (χ1v) is 8.64. The Morgan fingerprint density at radius 2 is 1.71 bits per heavy atom. The molecule has 0 spiro atoms. The molecule has 0 fully saturated rings. The first-order valence-electron chi connectivity index (χ1n) is 8.64. The van der Waals surface area contributed by atoms with Gasteiger partial charge in [-0.3, -0.25) is 14.4 Å². The molecule has 2 rings (SSSR count). The van der Waals surface area contributed by atoms with E-state index in [0.717, 1.165) is 17.7 Å². The van der Waals surface area contributed by atoms with Crippen molar-refractivity contribution in [2.24, 2.45) is 0 Å². The van der Waals surface area contributed by atoms with E-state index in [2.05, 4.69) is 10.6 Å².